The van der Waals surface area contributed by atoms with Crippen molar-refractivity contribution in [3.63, 3.8) is 0 Å². The van der Waals surface area contributed by atoms with Crippen LogP contribution in [0.1, 0.15) is 27.2 Å². The van der Waals surface area contributed by atoms with Gasteiger partial charge in [0.05, 0.1) is 0 Å². The molecule has 1 heterocycles. The monoisotopic (exact) mass is 278 g/mol. The van der Waals surface area contributed by atoms with Crippen LogP contribution in [0.4, 0.5) is 13.6 Å². The first-order chi connectivity index (χ1) is 8.70. The molecule has 1 fully saturated rings. The molecule has 7 heteroatoms. The van der Waals surface area contributed by atoms with E-state index in [1.807, 2.05) is 0 Å². The Balaban J connectivity index is 2.75. The van der Waals surface area contributed by atoms with Gasteiger partial charge < -0.3 is 15.3 Å². The number of alkyl halides is 2. The van der Waals surface area contributed by atoms with Crippen molar-refractivity contribution in [2.75, 3.05) is 13.1 Å². The first-order valence-electron chi connectivity index (χ1n) is 6.36. The summed E-state index contributed by atoms with van der Waals surface area (Å²) < 4.78 is 27.3. The molecule has 1 rings (SSSR count). The first kappa shape index (κ1) is 15.7. The number of likely N-dealkylation sites (tertiary alicyclic amines) is 1. The van der Waals surface area contributed by atoms with Crippen molar-refractivity contribution in [3.05, 3.63) is 0 Å². The summed E-state index contributed by atoms with van der Waals surface area (Å²) in [7, 11) is 0. The molecule has 0 aromatic rings. The van der Waals surface area contributed by atoms with Crippen molar-refractivity contribution < 1.29 is 23.5 Å². The summed E-state index contributed by atoms with van der Waals surface area (Å²) in [4.78, 5) is 24.0. The fourth-order valence-corrected chi connectivity index (χ4v) is 2.35. The van der Waals surface area contributed by atoms with Crippen LogP contribution in [0.2, 0.25) is 0 Å². The van der Waals surface area contributed by atoms with E-state index in [2.05, 4.69) is 5.32 Å². The molecule has 0 spiro atoms. The molecule has 0 saturated carbocycles. The van der Waals surface area contributed by atoms with Crippen molar-refractivity contribution in [2.24, 2.45) is 11.8 Å². The minimum Gasteiger partial charge on any atom is -0.465 e. The predicted octanol–water partition coefficient (Wildman–Crippen LogP) is 1.78. The van der Waals surface area contributed by atoms with E-state index >= 15 is 0 Å². The van der Waals surface area contributed by atoms with Gasteiger partial charge in [-0.25, -0.2) is 13.6 Å². The van der Waals surface area contributed by atoms with Gasteiger partial charge in [0.2, 0.25) is 5.91 Å². The minimum absolute atomic E-state index is 0.0476. The third-order valence-corrected chi connectivity index (χ3v) is 3.62. The number of halogens is 2. The quantitative estimate of drug-likeness (QED) is 0.826. The van der Waals surface area contributed by atoms with E-state index in [1.165, 1.54) is 18.7 Å². The highest BCUT2D eigenvalue weighted by Crippen LogP contribution is 2.37. The Morgan fingerprint density at radius 1 is 1.37 bits per heavy atom. The van der Waals surface area contributed by atoms with Gasteiger partial charge in [0.25, 0.3) is 5.92 Å². The number of amides is 2. The molecule has 0 unspecified atom stereocenters. The van der Waals surface area contributed by atoms with Crippen molar-refractivity contribution in [1.29, 1.82) is 0 Å². The van der Waals surface area contributed by atoms with E-state index in [-0.39, 0.29) is 13.1 Å². The van der Waals surface area contributed by atoms with Crippen LogP contribution in [0, 0.1) is 11.8 Å². The first-order valence-corrected chi connectivity index (χ1v) is 6.36. The van der Waals surface area contributed by atoms with Gasteiger partial charge in [0, 0.05) is 24.9 Å². The molecule has 2 amide bonds. The van der Waals surface area contributed by atoms with Crippen LogP contribution in [-0.2, 0) is 4.79 Å². The lowest BCUT2D eigenvalue weighted by Crippen LogP contribution is -2.57. The lowest BCUT2D eigenvalue weighted by Gasteiger charge is -2.42. The van der Waals surface area contributed by atoms with Crippen molar-refractivity contribution in [3.8, 4) is 0 Å². The summed E-state index contributed by atoms with van der Waals surface area (Å²) in [6.07, 6.45) is -0.996. The Labute approximate surface area is 111 Å². The van der Waals surface area contributed by atoms with Crippen LogP contribution >= 0.6 is 0 Å². The summed E-state index contributed by atoms with van der Waals surface area (Å²) in [6.45, 7) is 4.38. The molecule has 1 saturated heterocycles. The number of piperidine rings is 1. The molecule has 1 aliphatic heterocycles. The number of nitrogens with one attached hydrogen (secondary N) is 1. The van der Waals surface area contributed by atoms with Crippen LogP contribution in [0.3, 0.4) is 0 Å². The average molecular weight is 278 g/mol. The van der Waals surface area contributed by atoms with Crippen molar-refractivity contribution in [2.45, 2.75) is 39.2 Å². The zero-order valence-corrected chi connectivity index (χ0v) is 11.3. The van der Waals surface area contributed by atoms with Gasteiger partial charge in [-0.05, 0) is 6.42 Å². The molecular weight excluding hydrogens is 258 g/mol. The normalized spacial score (nSPS) is 27.7. The van der Waals surface area contributed by atoms with Crippen LogP contribution in [0.15, 0.2) is 0 Å². The average Bonchev–Trinajstić information content (AvgIpc) is 2.31. The lowest BCUT2D eigenvalue weighted by atomic mass is 9.87. The minimum atomic E-state index is -2.79. The number of hydrogen-bond donors (Lipinski definition) is 2. The predicted molar refractivity (Wildman–Crippen MR) is 65.1 cm³/mol. The van der Waals surface area contributed by atoms with E-state index in [1.54, 1.807) is 6.92 Å². The highest BCUT2D eigenvalue weighted by molar-refractivity contribution is 5.85. The highest BCUT2D eigenvalue weighted by Gasteiger charge is 2.48. The van der Waals surface area contributed by atoms with Gasteiger partial charge in [0.1, 0.15) is 6.04 Å². The Kier molecular flexibility index (Phi) is 4.70. The Bertz CT molecular complexity index is 349. The summed E-state index contributed by atoms with van der Waals surface area (Å²) in [5.74, 6) is -5.08. The molecule has 0 aliphatic carbocycles. The van der Waals surface area contributed by atoms with Crippen LogP contribution in [-0.4, -0.2) is 47.1 Å². The van der Waals surface area contributed by atoms with Gasteiger partial charge in [-0.15, -0.1) is 0 Å². The Morgan fingerprint density at radius 2 is 1.84 bits per heavy atom. The topological polar surface area (TPSA) is 69.6 Å². The van der Waals surface area contributed by atoms with Gasteiger partial charge in [0.15, 0.2) is 0 Å². The SMILES string of the molecule is CC[C@H](NC(=O)O)C(=O)N1C[C@@H](C)C(F)(F)[C@@H](C)C1. The van der Waals surface area contributed by atoms with E-state index in [9.17, 15) is 18.4 Å². The van der Waals surface area contributed by atoms with Gasteiger partial charge >= 0.3 is 6.09 Å². The standard InChI is InChI=1S/C12H20F2N2O3/c1-4-9(15-11(18)19)10(17)16-5-7(2)12(13,14)8(3)6-16/h7-9,15H,4-6H2,1-3H3,(H,18,19)/t7-,8+,9-/m0/s1. The molecule has 0 aromatic carbocycles. The second-order valence-electron chi connectivity index (χ2n) is 5.13. The third kappa shape index (κ3) is 3.33. The van der Waals surface area contributed by atoms with E-state index in [4.69, 9.17) is 5.11 Å². The van der Waals surface area contributed by atoms with Crippen LogP contribution < -0.4 is 5.32 Å². The summed E-state index contributed by atoms with van der Waals surface area (Å²) in [5.41, 5.74) is 0. The number of rotatable bonds is 3. The van der Waals surface area contributed by atoms with Crippen LogP contribution in [0.5, 0.6) is 0 Å². The molecule has 110 valence electrons. The third-order valence-electron chi connectivity index (χ3n) is 3.62. The van der Waals surface area contributed by atoms with E-state index < -0.39 is 35.8 Å². The fourth-order valence-electron chi connectivity index (χ4n) is 2.35. The summed E-state index contributed by atoms with van der Waals surface area (Å²) in [6, 6.07) is -0.872. The van der Waals surface area contributed by atoms with E-state index in [0.29, 0.717) is 6.42 Å². The molecule has 0 radical (unpaired) electrons. The van der Waals surface area contributed by atoms with Gasteiger partial charge in [-0.2, -0.15) is 0 Å². The maximum Gasteiger partial charge on any atom is 0.405 e. The molecule has 5 nitrogen and oxygen atoms in total. The van der Waals surface area contributed by atoms with Crippen LogP contribution in [0.25, 0.3) is 0 Å². The molecule has 1 aliphatic rings. The highest BCUT2D eigenvalue weighted by atomic mass is 19.3. The Morgan fingerprint density at radius 3 is 2.21 bits per heavy atom. The molecule has 0 aromatic heterocycles. The molecule has 3 atom stereocenters. The zero-order valence-electron chi connectivity index (χ0n) is 11.3. The zero-order chi connectivity index (χ0) is 14.8. The Hall–Kier alpha value is -1.40. The second kappa shape index (κ2) is 5.71. The number of carbonyl (C=O) groups excluding carboxylic acids is 1. The van der Waals surface area contributed by atoms with Crippen molar-refractivity contribution >= 4 is 12.0 Å². The molecular formula is C12H20F2N2O3. The van der Waals surface area contributed by atoms with Gasteiger partial charge in [-0.3, -0.25) is 4.79 Å². The molecule has 19 heavy (non-hydrogen) atoms. The molecule has 0 bridgehead atoms. The second-order valence-corrected chi connectivity index (χ2v) is 5.13. The van der Waals surface area contributed by atoms with Crippen molar-refractivity contribution in [1.82, 2.24) is 10.2 Å². The molecule has 2 N–H and O–H groups in total. The smallest absolute Gasteiger partial charge is 0.405 e. The largest absolute Gasteiger partial charge is 0.465 e. The maximum atomic E-state index is 13.7. The van der Waals surface area contributed by atoms with E-state index in [0.717, 1.165) is 0 Å². The van der Waals surface area contributed by atoms with Gasteiger partial charge in [-0.1, -0.05) is 20.8 Å². The number of hydrogen-bond acceptors (Lipinski definition) is 2. The lowest BCUT2D eigenvalue weighted by molar-refractivity contribution is -0.159. The number of nitrogens with zero attached hydrogens (tertiary/aromatic N) is 1. The summed E-state index contributed by atoms with van der Waals surface area (Å²) >= 11 is 0. The maximum absolute atomic E-state index is 13.7. The number of carbonyl (C=O) groups is 2. The summed E-state index contributed by atoms with van der Waals surface area (Å²) in [5, 5.41) is 10.8. The fraction of sp³-hybridized carbons (Fsp3) is 0.833. The number of carboxylic acid groups (broad SMARTS) is 1.